The first-order valence-electron chi connectivity index (χ1n) is 8.44. The van der Waals surface area contributed by atoms with E-state index in [1.807, 2.05) is 77.6 Å². The summed E-state index contributed by atoms with van der Waals surface area (Å²) >= 11 is 0. The van der Waals surface area contributed by atoms with Gasteiger partial charge in [-0.2, -0.15) is 10.4 Å². The molecule has 0 spiro atoms. The van der Waals surface area contributed by atoms with Crippen molar-refractivity contribution in [2.45, 2.75) is 0 Å². The number of rotatable bonds is 4. The molecule has 0 aliphatic carbocycles. The summed E-state index contributed by atoms with van der Waals surface area (Å²) in [5, 5.41) is 14.4. The minimum absolute atomic E-state index is 0.485. The number of aromatic nitrogens is 4. The highest BCUT2D eigenvalue weighted by atomic mass is 15.3. The van der Waals surface area contributed by atoms with Crippen molar-refractivity contribution in [2.24, 2.45) is 0 Å². The molecule has 0 amide bonds. The maximum Gasteiger partial charge on any atom is 0.101 e. The molecule has 0 aliphatic heterocycles. The summed E-state index contributed by atoms with van der Waals surface area (Å²) in [6.07, 6.45) is 8.89. The van der Waals surface area contributed by atoms with Gasteiger partial charge >= 0.3 is 0 Å². The molecule has 3 heterocycles. The van der Waals surface area contributed by atoms with E-state index < -0.39 is 0 Å². The zero-order valence-electron chi connectivity index (χ0n) is 14.4. The van der Waals surface area contributed by atoms with Gasteiger partial charge in [-0.25, -0.2) is 4.68 Å². The molecule has 0 aliphatic rings. The molecule has 128 valence electrons. The number of hydrogen-bond acceptors (Lipinski definition) is 4. The minimum Gasteiger partial charge on any atom is -0.265 e. The number of hydrogen-bond donors (Lipinski definition) is 0. The number of nitrogens with zero attached hydrogens (tertiary/aromatic N) is 5. The van der Waals surface area contributed by atoms with Crippen LogP contribution in [0.4, 0.5) is 0 Å². The molecule has 0 bridgehead atoms. The van der Waals surface area contributed by atoms with Crippen LogP contribution in [0.1, 0.15) is 11.3 Å². The zero-order chi connectivity index (χ0) is 18.5. The van der Waals surface area contributed by atoms with E-state index in [1.54, 1.807) is 18.6 Å². The summed E-state index contributed by atoms with van der Waals surface area (Å²) in [5.74, 6) is 0. The van der Waals surface area contributed by atoms with E-state index >= 15 is 0 Å². The van der Waals surface area contributed by atoms with Crippen LogP contribution < -0.4 is 0 Å². The predicted molar refractivity (Wildman–Crippen MR) is 105 cm³/mol. The van der Waals surface area contributed by atoms with Crippen LogP contribution in [0.5, 0.6) is 0 Å². The molecular weight excluding hydrogens is 334 g/mol. The first-order valence-corrected chi connectivity index (χ1v) is 8.44. The molecule has 3 aromatic heterocycles. The summed E-state index contributed by atoms with van der Waals surface area (Å²) in [7, 11) is 0. The molecule has 5 heteroatoms. The lowest BCUT2D eigenvalue weighted by molar-refractivity contribution is 0.884. The molecule has 4 aromatic rings. The molecule has 0 N–H and O–H groups in total. The lowest BCUT2D eigenvalue weighted by Gasteiger charge is -2.00. The monoisotopic (exact) mass is 349 g/mol. The molecule has 5 nitrogen and oxygen atoms in total. The summed E-state index contributed by atoms with van der Waals surface area (Å²) < 4.78 is 1.81. The topological polar surface area (TPSA) is 67.4 Å². The third kappa shape index (κ3) is 3.51. The maximum atomic E-state index is 9.63. The summed E-state index contributed by atoms with van der Waals surface area (Å²) in [6.45, 7) is 0. The molecule has 0 saturated carbocycles. The van der Waals surface area contributed by atoms with Crippen LogP contribution in [-0.4, -0.2) is 19.7 Å². The second-order valence-electron chi connectivity index (χ2n) is 5.83. The molecule has 27 heavy (non-hydrogen) atoms. The van der Waals surface area contributed by atoms with Gasteiger partial charge in [0.05, 0.1) is 17.0 Å². The van der Waals surface area contributed by atoms with Crippen LogP contribution in [0.25, 0.3) is 28.6 Å². The number of pyridine rings is 2. The van der Waals surface area contributed by atoms with Gasteiger partial charge in [0.1, 0.15) is 11.8 Å². The lowest BCUT2D eigenvalue weighted by Crippen LogP contribution is -1.93. The molecule has 0 radical (unpaired) electrons. The lowest BCUT2D eigenvalue weighted by atomic mass is 10.1. The van der Waals surface area contributed by atoms with Crippen LogP contribution in [-0.2, 0) is 0 Å². The highest BCUT2D eigenvalue weighted by Gasteiger charge is 2.12. The summed E-state index contributed by atoms with van der Waals surface area (Å²) in [4.78, 5) is 8.36. The SMILES string of the molecule is N#C/C(=C\c1cn(-c2ccccc2)nc1-c1ccncc1)c1ccccn1. The van der Waals surface area contributed by atoms with Crippen molar-refractivity contribution >= 4 is 11.6 Å². The van der Waals surface area contributed by atoms with Gasteiger partial charge in [0, 0.05) is 35.9 Å². The van der Waals surface area contributed by atoms with Crippen LogP contribution in [0.3, 0.4) is 0 Å². The van der Waals surface area contributed by atoms with Gasteiger partial charge < -0.3 is 0 Å². The average Bonchev–Trinajstić information content (AvgIpc) is 3.18. The fraction of sp³-hybridized carbons (Fsp3) is 0. The Balaban J connectivity index is 1.87. The molecule has 4 rings (SSSR count). The second kappa shape index (κ2) is 7.46. The third-order valence-corrected chi connectivity index (χ3v) is 4.08. The van der Waals surface area contributed by atoms with E-state index in [0.717, 1.165) is 22.5 Å². The van der Waals surface area contributed by atoms with Crippen molar-refractivity contribution in [1.82, 2.24) is 19.7 Å². The molecule has 0 unspecified atom stereocenters. The van der Waals surface area contributed by atoms with Crippen LogP contribution >= 0.6 is 0 Å². The van der Waals surface area contributed by atoms with Gasteiger partial charge in [-0.3, -0.25) is 9.97 Å². The average molecular weight is 349 g/mol. The van der Waals surface area contributed by atoms with Gasteiger partial charge in [0.15, 0.2) is 0 Å². The van der Waals surface area contributed by atoms with Crippen molar-refractivity contribution in [3.63, 3.8) is 0 Å². The van der Waals surface area contributed by atoms with Gasteiger partial charge in [-0.1, -0.05) is 24.3 Å². The van der Waals surface area contributed by atoms with Crippen LogP contribution in [0, 0.1) is 11.3 Å². The quantitative estimate of drug-likeness (QED) is 0.512. The van der Waals surface area contributed by atoms with Crippen molar-refractivity contribution in [3.8, 4) is 23.0 Å². The first-order chi connectivity index (χ1) is 13.3. The highest BCUT2D eigenvalue weighted by molar-refractivity contribution is 5.91. The van der Waals surface area contributed by atoms with E-state index in [0.29, 0.717) is 11.3 Å². The molecule has 0 saturated heterocycles. The Morgan fingerprint density at radius 3 is 2.41 bits per heavy atom. The fourth-order valence-electron chi connectivity index (χ4n) is 2.78. The Labute approximate surface area is 156 Å². The van der Waals surface area contributed by atoms with E-state index in [4.69, 9.17) is 5.10 Å². The smallest absolute Gasteiger partial charge is 0.101 e. The molecule has 0 fully saturated rings. The third-order valence-electron chi connectivity index (χ3n) is 4.08. The van der Waals surface area contributed by atoms with Crippen molar-refractivity contribution in [3.05, 3.63) is 96.7 Å². The predicted octanol–water partition coefficient (Wildman–Crippen LogP) is 4.39. The van der Waals surface area contributed by atoms with E-state index in [-0.39, 0.29) is 0 Å². The molecule has 0 atom stereocenters. The van der Waals surface area contributed by atoms with Crippen molar-refractivity contribution in [1.29, 1.82) is 5.26 Å². The fourth-order valence-corrected chi connectivity index (χ4v) is 2.78. The van der Waals surface area contributed by atoms with Crippen LogP contribution in [0.15, 0.2) is 85.5 Å². The maximum absolute atomic E-state index is 9.63. The molecular formula is C22H15N5. The Kier molecular flexibility index (Phi) is 4.54. The minimum atomic E-state index is 0.485. The van der Waals surface area contributed by atoms with E-state index in [2.05, 4.69) is 16.0 Å². The first kappa shape index (κ1) is 16.4. The Hall–Kier alpha value is -4.04. The van der Waals surface area contributed by atoms with Crippen molar-refractivity contribution in [2.75, 3.05) is 0 Å². The number of nitriles is 1. The Bertz CT molecular complexity index is 1110. The van der Waals surface area contributed by atoms with E-state index in [1.165, 1.54) is 0 Å². The largest absolute Gasteiger partial charge is 0.265 e. The van der Waals surface area contributed by atoms with E-state index in [9.17, 15) is 5.26 Å². The Morgan fingerprint density at radius 1 is 0.926 bits per heavy atom. The van der Waals surface area contributed by atoms with Gasteiger partial charge in [0.25, 0.3) is 0 Å². The number of para-hydroxylation sites is 1. The standard InChI is InChI=1S/C22H15N5/c23-15-18(21-8-4-5-11-25-21)14-19-16-27(20-6-2-1-3-7-20)26-22(19)17-9-12-24-13-10-17/h1-14,16H/b18-14+. The number of allylic oxidation sites excluding steroid dienone is 1. The summed E-state index contributed by atoms with van der Waals surface area (Å²) in [5.41, 5.74) is 4.62. The van der Waals surface area contributed by atoms with Crippen LogP contribution in [0.2, 0.25) is 0 Å². The van der Waals surface area contributed by atoms with Gasteiger partial charge in [-0.05, 0) is 42.5 Å². The number of benzene rings is 1. The zero-order valence-corrected chi connectivity index (χ0v) is 14.4. The second-order valence-corrected chi connectivity index (χ2v) is 5.83. The Morgan fingerprint density at radius 2 is 1.70 bits per heavy atom. The van der Waals surface area contributed by atoms with Gasteiger partial charge in [0.2, 0.25) is 0 Å². The van der Waals surface area contributed by atoms with Crippen molar-refractivity contribution < 1.29 is 0 Å². The summed E-state index contributed by atoms with van der Waals surface area (Å²) in [6, 6.07) is 21.4. The molecule has 1 aromatic carbocycles. The highest BCUT2D eigenvalue weighted by Crippen LogP contribution is 2.27. The van der Waals surface area contributed by atoms with Gasteiger partial charge in [-0.15, -0.1) is 0 Å². The normalized spacial score (nSPS) is 11.1.